The van der Waals surface area contributed by atoms with Gasteiger partial charge in [-0.05, 0) is 236 Å². The molecule has 0 aliphatic heterocycles. The Morgan fingerprint density at radius 3 is 1.55 bits per heavy atom. The maximum Gasteiger partial charge on any atom is 0.162 e. The topological polar surface area (TPSA) is 77.5 Å². The van der Waals surface area contributed by atoms with E-state index < -0.39 is 0 Å². The first kappa shape index (κ1) is 56.8. The van der Waals surface area contributed by atoms with Crippen LogP contribution in [0.4, 0.5) is 11.4 Å². The summed E-state index contributed by atoms with van der Waals surface area (Å²) in [5.74, 6) is 12.7. The molecule has 8 aliphatic rings. The first-order valence-electron chi connectivity index (χ1n) is 29.0. The van der Waals surface area contributed by atoms with E-state index in [0.29, 0.717) is 40.2 Å². The second-order valence-electron chi connectivity index (χ2n) is 24.1. The van der Waals surface area contributed by atoms with E-state index in [1.807, 2.05) is 12.2 Å². The van der Waals surface area contributed by atoms with Crippen molar-refractivity contribution in [3.63, 3.8) is 0 Å². The number of fused-ring (bicyclic) bond motifs is 10. The lowest BCUT2D eigenvalue weighted by molar-refractivity contribution is -0.117. The van der Waals surface area contributed by atoms with Gasteiger partial charge in [-0.25, -0.2) is 0 Å². The van der Waals surface area contributed by atoms with Gasteiger partial charge in [0.1, 0.15) is 0 Å². The average Bonchev–Trinajstić information content (AvgIpc) is 3.90. The fourth-order valence-electron chi connectivity index (χ4n) is 17.7. The van der Waals surface area contributed by atoms with E-state index in [0.717, 1.165) is 155 Å². The van der Waals surface area contributed by atoms with Crippen LogP contribution in [0.15, 0.2) is 59.7 Å². The number of ether oxygens (including phenoxy) is 4. The van der Waals surface area contributed by atoms with Crippen molar-refractivity contribution in [2.45, 2.75) is 172 Å². The SMILES string of the molecule is C.C.CCN(CC)c1ccc(OCCC2CCC3C4C(CCC23C)C2CCC(=O)C=C2C[C@H]4C)c(OC)c1.CCN(CC)c1ccc(OCCC2CCC3C4CCC5=CC(=O)CCC5C4CCC23C)c(OC)c1. The summed E-state index contributed by atoms with van der Waals surface area (Å²) in [7, 11) is 3.48. The highest BCUT2D eigenvalue weighted by Crippen LogP contribution is 2.66. The minimum Gasteiger partial charge on any atom is -0.493 e. The smallest absolute Gasteiger partial charge is 0.162 e. The summed E-state index contributed by atoms with van der Waals surface area (Å²) in [5, 5.41) is 0. The third-order valence-electron chi connectivity index (χ3n) is 21.3. The Morgan fingerprint density at radius 1 is 0.548 bits per heavy atom. The number of hydrogen-bond donors (Lipinski definition) is 0. The molecule has 73 heavy (non-hydrogen) atoms. The van der Waals surface area contributed by atoms with Gasteiger partial charge in [-0.1, -0.05) is 46.8 Å². The van der Waals surface area contributed by atoms with Gasteiger partial charge in [0.05, 0.1) is 27.4 Å². The van der Waals surface area contributed by atoms with Crippen molar-refractivity contribution in [1.82, 2.24) is 0 Å². The van der Waals surface area contributed by atoms with Crippen LogP contribution >= 0.6 is 0 Å². The van der Waals surface area contributed by atoms with Crippen LogP contribution < -0.4 is 28.7 Å². The van der Waals surface area contributed by atoms with Gasteiger partial charge in [0, 0.05) is 62.5 Å². The Balaban J connectivity index is 0.000000208. The first-order chi connectivity index (χ1) is 34.4. The van der Waals surface area contributed by atoms with Crippen molar-refractivity contribution >= 4 is 22.9 Å². The number of carbonyl (C=O) groups excluding carboxylic acids is 2. The zero-order chi connectivity index (χ0) is 50.0. The fourth-order valence-corrected chi connectivity index (χ4v) is 17.7. The number of hydrogen-bond acceptors (Lipinski definition) is 8. The summed E-state index contributed by atoms with van der Waals surface area (Å²) in [4.78, 5) is 28.7. The van der Waals surface area contributed by atoms with E-state index in [-0.39, 0.29) is 14.9 Å². The predicted molar refractivity (Wildman–Crippen MR) is 303 cm³/mol. The van der Waals surface area contributed by atoms with Crippen molar-refractivity contribution in [3.05, 3.63) is 59.7 Å². The van der Waals surface area contributed by atoms with Gasteiger partial charge < -0.3 is 28.7 Å². The number of benzene rings is 2. The molecule has 8 aliphatic carbocycles. The zero-order valence-electron chi connectivity index (χ0n) is 45.6. The lowest BCUT2D eigenvalue weighted by Gasteiger charge is -2.56. The molecule has 8 nitrogen and oxygen atoms in total. The number of allylic oxidation sites excluding steroid dienone is 2. The number of nitrogens with zero attached hydrogens (tertiary/aromatic N) is 2. The molecule has 6 fully saturated rings. The maximum absolute atomic E-state index is 12.1. The molecule has 0 heterocycles. The average molecular weight is 1010 g/mol. The number of rotatable bonds is 16. The predicted octanol–water partition coefficient (Wildman–Crippen LogP) is 15.7. The highest BCUT2D eigenvalue weighted by molar-refractivity contribution is 5.91. The quantitative estimate of drug-likeness (QED) is 0.165. The van der Waals surface area contributed by atoms with Crippen molar-refractivity contribution in [1.29, 1.82) is 0 Å². The molecule has 0 amide bonds. The molecular formula is C65H100N2O6. The third kappa shape index (κ3) is 11.2. The van der Waals surface area contributed by atoms with Gasteiger partial charge in [-0.3, -0.25) is 9.59 Å². The Bertz CT molecular complexity index is 2240. The van der Waals surface area contributed by atoms with Crippen LogP contribution in [0.5, 0.6) is 23.0 Å². The van der Waals surface area contributed by atoms with Crippen LogP contribution in [-0.2, 0) is 9.59 Å². The lowest BCUT2D eigenvalue weighted by atomic mass is 9.49. The summed E-state index contributed by atoms with van der Waals surface area (Å²) in [5.41, 5.74) is 6.25. The molecule has 2 aromatic rings. The van der Waals surface area contributed by atoms with Gasteiger partial charge in [0.2, 0.25) is 0 Å². The van der Waals surface area contributed by atoms with Crippen LogP contribution in [0, 0.1) is 75.9 Å². The van der Waals surface area contributed by atoms with E-state index in [1.165, 1.54) is 86.7 Å². The van der Waals surface area contributed by atoms with E-state index in [9.17, 15) is 9.59 Å². The summed E-state index contributed by atoms with van der Waals surface area (Å²) >= 11 is 0. The minimum atomic E-state index is 0. The molecule has 12 unspecified atom stereocenters. The molecule has 13 atom stereocenters. The second-order valence-corrected chi connectivity index (χ2v) is 24.1. The van der Waals surface area contributed by atoms with Crippen LogP contribution in [0.1, 0.15) is 172 Å². The first-order valence-corrected chi connectivity index (χ1v) is 29.0. The molecule has 0 aromatic heterocycles. The Morgan fingerprint density at radius 2 is 1.03 bits per heavy atom. The molecule has 0 saturated heterocycles. The number of anilines is 2. The van der Waals surface area contributed by atoms with Crippen molar-refractivity contribution in [2.75, 3.05) is 63.4 Å². The standard InChI is InChI=1S/C32H47NO3.C31H45NO3.2CH4/c1-6-33(7-2)24-9-13-29(30(20-24)35-5)36-17-15-23-8-12-28-31-21(3)18-22-19-25(34)10-11-26(22)27(31)14-16-32(23,28)4;1-5-32(6-2)23-9-14-29(30(20-23)34-4)35-18-16-22-8-13-28-27-11-7-21-19-24(33)10-12-25(21)26(27)15-17-31(22,28)3;;/h9,13,19-21,23,26-28,31H,6-8,10-12,14-18H2,1-5H3;9,14,19-20,22,25-28H,5-8,10-13,15-18H2,1-4H3;2*1H4/t21-,23?,26?,27?,28?,31?,32?;;;/m1.../s1. The molecule has 6 saturated carbocycles. The number of methoxy groups -OCH3 is 2. The van der Waals surface area contributed by atoms with E-state index in [1.54, 1.807) is 14.2 Å². The van der Waals surface area contributed by atoms with Gasteiger partial charge in [-0.2, -0.15) is 0 Å². The number of carbonyl (C=O) groups is 2. The van der Waals surface area contributed by atoms with Crippen LogP contribution in [0.25, 0.3) is 0 Å². The van der Waals surface area contributed by atoms with Gasteiger partial charge in [0.25, 0.3) is 0 Å². The monoisotopic (exact) mass is 1000 g/mol. The summed E-state index contributed by atoms with van der Waals surface area (Å²) in [6.45, 7) is 21.9. The second kappa shape index (κ2) is 24.4. The fraction of sp³-hybridized carbons (Fsp3) is 0.723. The highest BCUT2D eigenvalue weighted by atomic mass is 16.5. The maximum atomic E-state index is 12.1. The Labute approximate surface area is 444 Å². The molecular weight excluding hydrogens is 905 g/mol. The van der Waals surface area contributed by atoms with Gasteiger partial charge in [0.15, 0.2) is 34.6 Å². The molecule has 406 valence electrons. The molecule has 2 aromatic carbocycles. The molecule has 10 rings (SSSR count). The summed E-state index contributed by atoms with van der Waals surface area (Å²) in [6.07, 6.45) is 24.5. The van der Waals surface area contributed by atoms with Gasteiger partial charge in [-0.15, -0.1) is 0 Å². The molecule has 0 spiro atoms. The number of ketones is 2. The normalized spacial score (nSPS) is 33.7. The van der Waals surface area contributed by atoms with Crippen molar-refractivity contribution < 1.29 is 28.5 Å². The van der Waals surface area contributed by atoms with Crippen LogP contribution in [0.2, 0.25) is 0 Å². The summed E-state index contributed by atoms with van der Waals surface area (Å²) in [6, 6.07) is 12.7. The van der Waals surface area contributed by atoms with E-state index >= 15 is 0 Å². The van der Waals surface area contributed by atoms with Gasteiger partial charge >= 0.3 is 0 Å². The van der Waals surface area contributed by atoms with E-state index in [2.05, 4.69) is 94.7 Å². The minimum absolute atomic E-state index is 0. The third-order valence-corrected chi connectivity index (χ3v) is 21.3. The molecule has 0 N–H and O–H groups in total. The zero-order valence-corrected chi connectivity index (χ0v) is 45.6. The van der Waals surface area contributed by atoms with Crippen LogP contribution in [-0.4, -0.2) is 65.2 Å². The van der Waals surface area contributed by atoms with Crippen molar-refractivity contribution in [2.24, 2.45) is 75.9 Å². The van der Waals surface area contributed by atoms with E-state index in [4.69, 9.17) is 18.9 Å². The largest absolute Gasteiger partial charge is 0.493 e. The Kier molecular flexibility index (Phi) is 19.0. The van der Waals surface area contributed by atoms with Crippen molar-refractivity contribution in [3.8, 4) is 23.0 Å². The molecule has 0 bridgehead atoms. The molecule has 8 heteroatoms. The Hall–Kier alpha value is -3.94. The highest BCUT2D eigenvalue weighted by Gasteiger charge is 2.58. The lowest BCUT2D eigenvalue weighted by Crippen LogP contribution is -2.49. The summed E-state index contributed by atoms with van der Waals surface area (Å²) < 4.78 is 24.0. The molecule has 0 radical (unpaired) electrons. The van der Waals surface area contributed by atoms with Crippen LogP contribution in [0.3, 0.4) is 0 Å².